The number of rotatable bonds is 1. The molecular formula is C20H17N3. The van der Waals surface area contributed by atoms with Crippen LogP contribution in [-0.2, 0) is 6.42 Å². The van der Waals surface area contributed by atoms with Crippen LogP contribution in [0, 0.1) is 0 Å². The standard InChI is InChI=1S/C20H17N3/c1-3-7-16-13(5-1)9-10-18(22-16)20-19-15(11-12-21-20)14-6-2-4-8-17(14)23-19/h1-10,20-21,23H,11-12H2/t20-/m0/s1. The fourth-order valence-electron chi connectivity index (χ4n) is 3.68. The van der Waals surface area contributed by atoms with E-state index in [1.807, 2.05) is 6.07 Å². The van der Waals surface area contributed by atoms with E-state index in [0.29, 0.717) is 0 Å². The van der Waals surface area contributed by atoms with Crippen molar-refractivity contribution in [1.29, 1.82) is 0 Å². The molecule has 2 N–H and O–H groups in total. The van der Waals surface area contributed by atoms with Gasteiger partial charge in [0.2, 0.25) is 0 Å². The third-order valence-corrected chi connectivity index (χ3v) is 4.77. The number of nitrogens with one attached hydrogen (secondary N) is 2. The lowest BCUT2D eigenvalue weighted by Gasteiger charge is -2.24. The van der Waals surface area contributed by atoms with Crippen LogP contribution >= 0.6 is 0 Å². The number of benzene rings is 2. The van der Waals surface area contributed by atoms with E-state index < -0.39 is 0 Å². The second-order valence-electron chi connectivity index (χ2n) is 6.13. The quantitative estimate of drug-likeness (QED) is 0.559. The Labute approximate surface area is 134 Å². The molecular weight excluding hydrogens is 282 g/mol. The Morgan fingerprint density at radius 3 is 2.78 bits per heavy atom. The second kappa shape index (κ2) is 4.93. The van der Waals surface area contributed by atoms with Gasteiger partial charge in [-0.3, -0.25) is 4.98 Å². The van der Waals surface area contributed by atoms with Gasteiger partial charge in [-0.25, -0.2) is 0 Å². The molecule has 0 spiro atoms. The van der Waals surface area contributed by atoms with Gasteiger partial charge in [0, 0.05) is 28.5 Å². The smallest absolute Gasteiger partial charge is 0.0906 e. The Balaban J connectivity index is 1.69. The SMILES string of the molecule is c1ccc2nc([C@@H]3NCCc4c3[nH]c3ccccc43)ccc2c1. The van der Waals surface area contributed by atoms with Crippen molar-refractivity contribution < 1.29 is 0 Å². The van der Waals surface area contributed by atoms with Crippen molar-refractivity contribution in [2.75, 3.05) is 6.54 Å². The van der Waals surface area contributed by atoms with Crippen molar-refractivity contribution in [1.82, 2.24) is 15.3 Å². The van der Waals surface area contributed by atoms with E-state index in [9.17, 15) is 0 Å². The molecule has 3 heteroatoms. The first-order chi connectivity index (χ1) is 11.4. The van der Waals surface area contributed by atoms with E-state index >= 15 is 0 Å². The van der Waals surface area contributed by atoms with Crippen molar-refractivity contribution in [3.63, 3.8) is 0 Å². The molecule has 2 aromatic heterocycles. The highest BCUT2D eigenvalue weighted by Crippen LogP contribution is 2.33. The summed E-state index contributed by atoms with van der Waals surface area (Å²) in [6.45, 7) is 0.980. The van der Waals surface area contributed by atoms with Gasteiger partial charge in [-0.15, -0.1) is 0 Å². The topological polar surface area (TPSA) is 40.7 Å². The van der Waals surface area contributed by atoms with Crippen LogP contribution in [0.2, 0.25) is 0 Å². The zero-order valence-electron chi connectivity index (χ0n) is 12.7. The highest BCUT2D eigenvalue weighted by Gasteiger charge is 2.25. The largest absolute Gasteiger partial charge is 0.357 e. The number of hydrogen-bond acceptors (Lipinski definition) is 2. The van der Waals surface area contributed by atoms with Gasteiger partial charge in [-0.2, -0.15) is 0 Å². The Hall–Kier alpha value is -2.65. The lowest BCUT2D eigenvalue weighted by molar-refractivity contribution is 0.551. The molecule has 1 aliphatic rings. The Morgan fingerprint density at radius 2 is 1.78 bits per heavy atom. The number of para-hydroxylation sites is 2. The summed E-state index contributed by atoms with van der Waals surface area (Å²) in [5, 5.41) is 6.15. The molecule has 112 valence electrons. The minimum Gasteiger partial charge on any atom is -0.357 e. The molecule has 0 aliphatic carbocycles. The molecule has 0 bridgehead atoms. The highest BCUT2D eigenvalue weighted by molar-refractivity contribution is 5.85. The first-order valence-corrected chi connectivity index (χ1v) is 8.09. The van der Waals surface area contributed by atoms with Gasteiger partial charge in [0.15, 0.2) is 0 Å². The van der Waals surface area contributed by atoms with Crippen molar-refractivity contribution in [3.8, 4) is 0 Å². The molecule has 1 aliphatic heterocycles. The van der Waals surface area contributed by atoms with E-state index in [0.717, 1.165) is 24.2 Å². The average molecular weight is 299 g/mol. The minimum atomic E-state index is 0.135. The van der Waals surface area contributed by atoms with Gasteiger partial charge in [-0.1, -0.05) is 42.5 Å². The third-order valence-electron chi connectivity index (χ3n) is 4.77. The molecule has 0 radical (unpaired) electrons. The second-order valence-corrected chi connectivity index (χ2v) is 6.13. The van der Waals surface area contributed by atoms with Crippen LogP contribution in [0.15, 0.2) is 60.7 Å². The number of aromatic amines is 1. The third kappa shape index (κ3) is 1.97. The summed E-state index contributed by atoms with van der Waals surface area (Å²) in [6, 6.07) is 21.3. The molecule has 0 fully saturated rings. The number of H-pyrrole nitrogens is 1. The number of aromatic nitrogens is 2. The summed E-state index contributed by atoms with van der Waals surface area (Å²) in [5.41, 5.74) is 6.04. The van der Waals surface area contributed by atoms with Crippen LogP contribution in [0.5, 0.6) is 0 Å². The molecule has 3 nitrogen and oxygen atoms in total. The number of fused-ring (bicyclic) bond motifs is 4. The molecule has 2 aromatic carbocycles. The zero-order chi connectivity index (χ0) is 15.2. The fraction of sp³-hybridized carbons (Fsp3) is 0.150. The van der Waals surface area contributed by atoms with Gasteiger partial charge in [0.05, 0.1) is 17.3 Å². The maximum Gasteiger partial charge on any atom is 0.0906 e. The van der Waals surface area contributed by atoms with Crippen molar-refractivity contribution >= 4 is 21.8 Å². The molecule has 0 saturated heterocycles. The van der Waals surface area contributed by atoms with Gasteiger partial charge < -0.3 is 10.3 Å². The number of hydrogen-bond donors (Lipinski definition) is 2. The maximum absolute atomic E-state index is 4.89. The fourth-order valence-corrected chi connectivity index (χ4v) is 3.68. The summed E-state index contributed by atoms with van der Waals surface area (Å²) in [4.78, 5) is 8.50. The summed E-state index contributed by atoms with van der Waals surface area (Å²) in [7, 11) is 0. The summed E-state index contributed by atoms with van der Waals surface area (Å²) < 4.78 is 0. The Morgan fingerprint density at radius 1 is 0.913 bits per heavy atom. The molecule has 4 aromatic rings. The molecule has 0 saturated carbocycles. The predicted octanol–water partition coefficient (Wildman–Crippen LogP) is 3.95. The van der Waals surface area contributed by atoms with E-state index in [-0.39, 0.29) is 6.04 Å². The molecule has 0 unspecified atom stereocenters. The summed E-state index contributed by atoms with van der Waals surface area (Å²) in [6.07, 6.45) is 1.06. The van der Waals surface area contributed by atoms with Crippen LogP contribution in [0.1, 0.15) is 23.0 Å². The maximum atomic E-state index is 4.89. The predicted molar refractivity (Wildman–Crippen MR) is 93.6 cm³/mol. The lowest BCUT2D eigenvalue weighted by atomic mass is 9.97. The zero-order valence-corrected chi connectivity index (χ0v) is 12.7. The minimum absolute atomic E-state index is 0.135. The first-order valence-electron chi connectivity index (χ1n) is 8.09. The van der Waals surface area contributed by atoms with Crippen molar-refractivity contribution in [3.05, 3.63) is 77.6 Å². The van der Waals surface area contributed by atoms with Crippen LogP contribution in [-0.4, -0.2) is 16.5 Å². The average Bonchev–Trinajstić information content (AvgIpc) is 3.00. The van der Waals surface area contributed by atoms with Crippen LogP contribution in [0.25, 0.3) is 21.8 Å². The monoisotopic (exact) mass is 299 g/mol. The van der Waals surface area contributed by atoms with Crippen molar-refractivity contribution in [2.24, 2.45) is 0 Å². The molecule has 3 heterocycles. The molecule has 1 atom stereocenters. The first kappa shape index (κ1) is 12.9. The lowest BCUT2D eigenvalue weighted by Crippen LogP contribution is -2.31. The molecule has 23 heavy (non-hydrogen) atoms. The van der Waals surface area contributed by atoms with Gasteiger partial charge >= 0.3 is 0 Å². The number of pyridine rings is 1. The van der Waals surface area contributed by atoms with E-state index in [1.165, 1.54) is 27.5 Å². The van der Waals surface area contributed by atoms with E-state index in [2.05, 4.69) is 64.9 Å². The van der Waals surface area contributed by atoms with Gasteiger partial charge in [0.1, 0.15) is 0 Å². The van der Waals surface area contributed by atoms with Crippen LogP contribution in [0.3, 0.4) is 0 Å². The van der Waals surface area contributed by atoms with E-state index in [1.54, 1.807) is 0 Å². The summed E-state index contributed by atoms with van der Waals surface area (Å²) in [5.74, 6) is 0. The van der Waals surface area contributed by atoms with Crippen molar-refractivity contribution in [2.45, 2.75) is 12.5 Å². The Bertz CT molecular complexity index is 1020. The van der Waals surface area contributed by atoms with Gasteiger partial charge in [0.25, 0.3) is 0 Å². The van der Waals surface area contributed by atoms with Crippen LogP contribution in [0.4, 0.5) is 0 Å². The van der Waals surface area contributed by atoms with E-state index in [4.69, 9.17) is 4.98 Å². The molecule has 5 rings (SSSR count). The normalized spacial score (nSPS) is 17.5. The number of nitrogens with zero attached hydrogens (tertiary/aromatic N) is 1. The van der Waals surface area contributed by atoms with Gasteiger partial charge in [-0.05, 0) is 30.2 Å². The summed E-state index contributed by atoms with van der Waals surface area (Å²) >= 11 is 0. The highest BCUT2D eigenvalue weighted by atomic mass is 15.0. The van der Waals surface area contributed by atoms with Crippen LogP contribution < -0.4 is 5.32 Å². The molecule has 0 amide bonds. The Kier molecular flexibility index (Phi) is 2.76.